The maximum atomic E-state index is 13.6. The standard InChI is InChI=1S/C45H47ClN8O5/c46-37-22-33(6-3-30(37)25-47)52-16-13-44(26-52)11-14-49(15-12-44)31-4-1-29(2-5-31)41(57)51-19-17-50(18-20-51)34-23-45(24-34)27-53(28-45)32-7-8-35-36(21-32)43(59)54(42(35)58)38-9-10-39(55)48-40(38)56/h1-8,21-22,34,38H,9-20,23-24,26-28H2,(H,48,55,56). The van der Waals surface area contributed by atoms with E-state index in [1.807, 2.05) is 41.3 Å². The lowest BCUT2D eigenvalue weighted by Gasteiger charge is -2.62. The van der Waals surface area contributed by atoms with Crippen molar-refractivity contribution in [2.24, 2.45) is 10.8 Å². The molecule has 3 aromatic carbocycles. The summed E-state index contributed by atoms with van der Waals surface area (Å²) in [5, 5.41) is 12.0. The number of nitrogens with zero attached hydrogens (tertiary/aromatic N) is 7. The van der Waals surface area contributed by atoms with Gasteiger partial charge in [-0.25, -0.2) is 0 Å². The largest absolute Gasteiger partial charge is 0.371 e. The summed E-state index contributed by atoms with van der Waals surface area (Å²) in [5.41, 5.74) is 5.55. The maximum absolute atomic E-state index is 13.6. The zero-order valence-electron chi connectivity index (χ0n) is 33.0. The summed E-state index contributed by atoms with van der Waals surface area (Å²) in [6.45, 7) is 8.92. The van der Waals surface area contributed by atoms with E-state index in [2.05, 4.69) is 43.1 Å². The number of rotatable bonds is 6. The van der Waals surface area contributed by atoms with Crippen molar-refractivity contribution in [1.82, 2.24) is 20.0 Å². The number of hydrogen-bond acceptors (Lipinski definition) is 10. The molecule has 1 aliphatic carbocycles. The van der Waals surface area contributed by atoms with E-state index in [1.165, 1.54) is 5.69 Å². The van der Waals surface area contributed by atoms with Gasteiger partial charge in [0, 0.05) is 106 Å². The lowest BCUT2D eigenvalue weighted by Crippen LogP contribution is -2.68. The number of imide groups is 2. The molecular formula is C45H47ClN8O5. The van der Waals surface area contributed by atoms with Gasteiger partial charge in [-0.2, -0.15) is 5.26 Å². The molecule has 10 rings (SSSR count). The Morgan fingerprint density at radius 1 is 0.712 bits per heavy atom. The van der Waals surface area contributed by atoms with Crippen molar-refractivity contribution in [3.8, 4) is 6.07 Å². The first-order valence-electron chi connectivity index (χ1n) is 20.9. The van der Waals surface area contributed by atoms with E-state index in [1.54, 1.807) is 12.1 Å². The van der Waals surface area contributed by atoms with Crippen LogP contribution in [0.25, 0.3) is 0 Å². The number of carbonyl (C=O) groups excluding carboxylic acids is 5. The molecule has 6 aliphatic heterocycles. The van der Waals surface area contributed by atoms with E-state index in [-0.39, 0.29) is 35.5 Å². The van der Waals surface area contributed by atoms with E-state index >= 15 is 0 Å². The number of hydrogen-bond donors (Lipinski definition) is 1. The Hall–Kier alpha value is -5.45. The van der Waals surface area contributed by atoms with E-state index < -0.39 is 23.8 Å². The van der Waals surface area contributed by atoms with Crippen LogP contribution in [0, 0.1) is 22.2 Å². The van der Waals surface area contributed by atoms with Crippen LogP contribution < -0.4 is 20.0 Å². The van der Waals surface area contributed by atoms with Crippen molar-refractivity contribution in [3.05, 3.63) is 87.9 Å². The Morgan fingerprint density at radius 2 is 1.34 bits per heavy atom. The van der Waals surface area contributed by atoms with Gasteiger partial charge in [-0.05, 0) is 105 Å². The van der Waals surface area contributed by atoms with Gasteiger partial charge < -0.3 is 19.6 Å². The van der Waals surface area contributed by atoms with Gasteiger partial charge >= 0.3 is 0 Å². The van der Waals surface area contributed by atoms with Gasteiger partial charge in [-0.15, -0.1) is 0 Å². The van der Waals surface area contributed by atoms with Gasteiger partial charge in [-0.3, -0.25) is 39.1 Å². The second-order valence-corrected chi connectivity index (χ2v) is 18.3. The molecule has 59 heavy (non-hydrogen) atoms. The van der Waals surface area contributed by atoms with Gasteiger partial charge in [0.15, 0.2) is 0 Å². The summed E-state index contributed by atoms with van der Waals surface area (Å²) in [6, 6.07) is 20.9. The molecule has 5 amide bonds. The van der Waals surface area contributed by atoms with Crippen LogP contribution >= 0.6 is 11.6 Å². The second-order valence-electron chi connectivity index (χ2n) is 17.9. The molecular weight excluding hydrogens is 768 g/mol. The highest BCUT2D eigenvalue weighted by atomic mass is 35.5. The molecule has 6 fully saturated rings. The van der Waals surface area contributed by atoms with Gasteiger partial charge in [0.25, 0.3) is 17.7 Å². The molecule has 1 saturated carbocycles. The van der Waals surface area contributed by atoms with Crippen LogP contribution in [0.5, 0.6) is 0 Å². The van der Waals surface area contributed by atoms with Crippen molar-refractivity contribution in [2.45, 2.75) is 57.0 Å². The van der Waals surface area contributed by atoms with Crippen LogP contribution in [0.3, 0.4) is 0 Å². The zero-order chi connectivity index (χ0) is 40.6. The lowest BCUT2D eigenvalue weighted by molar-refractivity contribution is -0.136. The van der Waals surface area contributed by atoms with Crippen LogP contribution in [0.4, 0.5) is 17.1 Å². The van der Waals surface area contributed by atoms with Crippen LogP contribution in [-0.4, -0.2) is 122 Å². The summed E-state index contributed by atoms with van der Waals surface area (Å²) in [6.07, 6.45) is 5.83. The summed E-state index contributed by atoms with van der Waals surface area (Å²) >= 11 is 6.33. The van der Waals surface area contributed by atoms with Crippen molar-refractivity contribution in [1.29, 1.82) is 5.26 Å². The number of anilines is 3. The predicted octanol–water partition coefficient (Wildman–Crippen LogP) is 4.54. The highest BCUT2D eigenvalue weighted by molar-refractivity contribution is 6.32. The molecule has 7 aliphatic rings. The Balaban J connectivity index is 0.670. The number of piperidine rings is 2. The molecule has 13 nitrogen and oxygen atoms in total. The van der Waals surface area contributed by atoms with E-state index in [0.717, 1.165) is 106 Å². The monoisotopic (exact) mass is 814 g/mol. The van der Waals surface area contributed by atoms with Crippen LogP contribution in [-0.2, 0) is 9.59 Å². The predicted molar refractivity (Wildman–Crippen MR) is 222 cm³/mol. The summed E-state index contributed by atoms with van der Waals surface area (Å²) in [5.74, 6) is -1.86. The smallest absolute Gasteiger partial charge is 0.262 e. The van der Waals surface area contributed by atoms with Gasteiger partial charge in [0.2, 0.25) is 11.8 Å². The fourth-order valence-corrected chi connectivity index (χ4v) is 11.2. The number of benzene rings is 3. The molecule has 304 valence electrons. The number of nitriles is 1. The van der Waals surface area contributed by atoms with E-state index in [0.29, 0.717) is 40.8 Å². The Kier molecular flexibility index (Phi) is 9.21. The number of carbonyl (C=O) groups is 5. The second kappa shape index (κ2) is 14.4. The normalized spacial score (nSPS) is 24.0. The fraction of sp³-hybridized carbons (Fsp3) is 0.467. The quantitative estimate of drug-likeness (QED) is 0.353. The van der Waals surface area contributed by atoms with Crippen LogP contribution in [0.15, 0.2) is 60.7 Å². The molecule has 1 unspecified atom stereocenters. The van der Waals surface area contributed by atoms with Gasteiger partial charge in [0.1, 0.15) is 12.1 Å². The van der Waals surface area contributed by atoms with Crippen molar-refractivity contribution in [2.75, 3.05) is 80.1 Å². The number of piperazine rings is 1. The highest BCUT2D eigenvalue weighted by Gasteiger charge is 2.54. The van der Waals surface area contributed by atoms with E-state index in [9.17, 15) is 29.2 Å². The Bertz CT molecular complexity index is 2300. The average molecular weight is 815 g/mol. The third-order valence-corrected chi connectivity index (χ3v) is 14.8. The summed E-state index contributed by atoms with van der Waals surface area (Å²) in [7, 11) is 0. The topological polar surface area (TPSA) is 141 Å². The van der Waals surface area contributed by atoms with E-state index in [4.69, 9.17) is 11.6 Å². The summed E-state index contributed by atoms with van der Waals surface area (Å²) < 4.78 is 0. The first-order chi connectivity index (χ1) is 28.5. The molecule has 0 bridgehead atoms. The molecule has 0 aromatic heterocycles. The Morgan fingerprint density at radius 3 is 2.02 bits per heavy atom. The minimum Gasteiger partial charge on any atom is -0.371 e. The average Bonchev–Trinajstić information content (AvgIpc) is 3.74. The first-order valence-corrected chi connectivity index (χ1v) is 21.3. The number of amides is 5. The SMILES string of the molecule is N#Cc1ccc(N2CCC3(CCN(c4ccc(C(=O)N5CCN(C6CC7(C6)CN(c6ccc8c(c6)C(=O)N(C6CCC(=O)NC6=O)C8=O)C7)CC5)cc4)CC3)C2)cc1Cl. The third-order valence-electron chi connectivity index (χ3n) is 14.5. The first kappa shape index (κ1) is 37.8. The van der Waals surface area contributed by atoms with Crippen molar-refractivity contribution >= 4 is 58.2 Å². The summed E-state index contributed by atoms with van der Waals surface area (Å²) in [4.78, 5) is 76.7. The van der Waals surface area contributed by atoms with Gasteiger partial charge in [0.05, 0.1) is 21.7 Å². The maximum Gasteiger partial charge on any atom is 0.262 e. The molecule has 3 aromatic rings. The molecule has 1 N–H and O–H groups in total. The van der Waals surface area contributed by atoms with Gasteiger partial charge in [-0.1, -0.05) is 11.6 Å². The Labute approximate surface area is 348 Å². The van der Waals surface area contributed by atoms with Crippen molar-refractivity contribution < 1.29 is 24.0 Å². The van der Waals surface area contributed by atoms with Crippen LogP contribution in [0.1, 0.15) is 81.6 Å². The molecule has 6 heterocycles. The lowest BCUT2D eigenvalue weighted by atomic mass is 9.60. The molecule has 14 heteroatoms. The minimum absolute atomic E-state index is 0.0945. The zero-order valence-corrected chi connectivity index (χ0v) is 33.8. The number of nitrogens with one attached hydrogen (secondary N) is 1. The third kappa shape index (κ3) is 6.61. The number of fused-ring (bicyclic) bond motifs is 1. The van der Waals surface area contributed by atoms with Crippen LogP contribution in [0.2, 0.25) is 5.02 Å². The highest BCUT2D eigenvalue weighted by Crippen LogP contribution is 2.52. The molecule has 2 spiro atoms. The van der Waals surface area contributed by atoms with Crippen molar-refractivity contribution in [3.63, 3.8) is 0 Å². The minimum atomic E-state index is -0.969. The fourth-order valence-electron chi connectivity index (χ4n) is 10.9. The number of halogens is 1. The molecule has 1 atom stereocenters. The molecule has 5 saturated heterocycles. The molecule has 0 radical (unpaired) electrons.